The third-order valence-electron chi connectivity index (χ3n) is 3.24. The van der Waals surface area contributed by atoms with Crippen LogP contribution in [0.25, 0.3) is 0 Å². The van der Waals surface area contributed by atoms with Gasteiger partial charge in [0.05, 0.1) is 4.90 Å². The van der Waals surface area contributed by atoms with E-state index in [9.17, 15) is 13.2 Å². The molecule has 1 unspecified atom stereocenters. The first kappa shape index (κ1) is 14.0. The lowest BCUT2D eigenvalue weighted by Gasteiger charge is -2.13. The molecule has 1 atom stereocenters. The van der Waals surface area contributed by atoms with Gasteiger partial charge in [0.15, 0.2) is 0 Å². The van der Waals surface area contributed by atoms with Crippen molar-refractivity contribution in [3.05, 3.63) is 29.3 Å². The molecule has 0 bridgehead atoms. The summed E-state index contributed by atoms with van der Waals surface area (Å²) in [6, 6.07) is 5.23. The van der Waals surface area contributed by atoms with Crippen LogP contribution in [0, 0.1) is 13.8 Å². The van der Waals surface area contributed by atoms with Gasteiger partial charge in [-0.15, -0.1) is 0 Å². The molecule has 1 aliphatic rings. The van der Waals surface area contributed by atoms with E-state index in [1.54, 1.807) is 19.1 Å². The van der Waals surface area contributed by atoms with E-state index in [4.69, 9.17) is 0 Å². The predicted octanol–water partition coefficient (Wildman–Crippen LogP) is 0.860. The number of aryl methyl sites for hydroxylation is 2. The molecule has 1 amide bonds. The summed E-state index contributed by atoms with van der Waals surface area (Å²) in [7, 11) is -3.52. The fourth-order valence-electron chi connectivity index (χ4n) is 2.12. The van der Waals surface area contributed by atoms with E-state index < -0.39 is 10.0 Å². The highest BCUT2D eigenvalue weighted by molar-refractivity contribution is 7.89. The molecule has 0 aliphatic carbocycles. The van der Waals surface area contributed by atoms with E-state index in [1.165, 1.54) is 0 Å². The third-order valence-corrected chi connectivity index (χ3v) is 4.80. The first-order valence-corrected chi connectivity index (χ1v) is 7.73. The van der Waals surface area contributed by atoms with E-state index in [-0.39, 0.29) is 18.5 Å². The number of carbonyl (C=O) groups excluding carboxylic acids is 1. The molecule has 104 valence electrons. The Morgan fingerprint density at radius 1 is 1.37 bits per heavy atom. The van der Waals surface area contributed by atoms with Crippen LogP contribution in [0.3, 0.4) is 0 Å². The van der Waals surface area contributed by atoms with Gasteiger partial charge in [-0.05, 0) is 37.5 Å². The van der Waals surface area contributed by atoms with Gasteiger partial charge in [0, 0.05) is 19.0 Å². The van der Waals surface area contributed by atoms with E-state index in [0.717, 1.165) is 5.56 Å². The molecule has 2 N–H and O–H groups in total. The lowest BCUT2D eigenvalue weighted by Crippen LogP contribution is -2.38. The molecule has 1 saturated heterocycles. The number of hydrogen-bond acceptors (Lipinski definition) is 3. The number of amides is 1. The first-order valence-electron chi connectivity index (χ1n) is 6.25. The maximum atomic E-state index is 12.2. The van der Waals surface area contributed by atoms with Crippen molar-refractivity contribution >= 4 is 15.9 Å². The Morgan fingerprint density at radius 2 is 2.11 bits per heavy atom. The average molecular weight is 282 g/mol. The minimum absolute atomic E-state index is 0.0177. The van der Waals surface area contributed by atoms with Crippen molar-refractivity contribution < 1.29 is 13.2 Å². The van der Waals surface area contributed by atoms with Crippen LogP contribution in [0.5, 0.6) is 0 Å². The van der Waals surface area contributed by atoms with Crippen LogP contribution in [0.1, 0.15) is 24.0 Å². The van der Waals surface area contributed by atoms with E-state index in [1.807, 2.05) is 13.0 Å². The molecule has 1 fully saturated rings. The topological polar surface area (TPSA) is 75.3 Å². The van der Waals surface area contributed by atoms with Crippen molar-refractivity contribution in [2.75, 3.05) is 6.54 Å². The minimum atomic E-state index is -3.52. The maximum Gasteiger partial charge on any atom is 0.240 e. The standard InChI is InChI=1S/C13H18N2O3S/c1-9-3-4-10(2)12(7-9)19(17,18)14-8-11-5-6-13(16)15-11/h3-4,7,11,14H,5-6,8H2,1-2H3,(H,15,16). The highest BCUT2D eigenvalue weighted by Gasteiger charge is 2.23. The van der Waals surface area contributed by atoms with Crippen LogP contribution in [-0.4, -0.2) is 26.9 Å². The monoisotopic (exact) mass is 282 g/mol. The zero-order valence-electron chi connectivity index (χ0n) is 11.1. The SMILES string of the molecule is Cc1ccc(C)c(S(=O)(=O)NCC2CCC(=O)N2)c1. The molecule has 0 saturated carbocycles. The predicted molar refractivity (Wildman–Crippen MR) is 72.3 cm³/mol. The number of carbonyl (C=O) groups is 1. The quantitative estimate of drug-likeness (QED) is 0.860. The molecular formula is C13H18N2O3S. The summed E-state index contributed by atoms with van der Waals surface area (Å²) in [6.07, 6.45) is 1.14. The summed E-state index contributed by atoms with van der Waals surface area (Å²) >= 11 is 0. The largest absolute Gasteiger partial charge is 0.352 e. The average Bonchev–Trinajstić information content (AvgIpc) is 2.76. The summed E-state index contributed by atoms with van der Waals surface area (Å²) in [5.74, 6) is -0.0177. The molecule has 5 nitrogen and oxygen atoms in total. The van der Waals surface area contributed by atoms with Crippen LogP contribution >= 0.6 is 0 Å². The Kier molecular flexibility index (Phi) is 3.91. The van der Waals surface area contributed by atoms with Crippen molar-refractivity contribution in [2.24, 2.45) is 0 Å². The Hall–Kier alpha value is -1.40. The molecular weight excluding hydrogens is 264 g/mol. The van der Waals surface area contributed by atoms with Crippen molar-refractivity contribution in [1.82, 2.24) is 10.0 Å². The van der Waals surface area contributed by atoms with Gasteiger partial charge in [-0.2, -0.15) is 0 Å². The van der Waals surface area contributed by atoms with Gasteiger partial charge in [0.2, 0.25) is 15.9 Å². The fourth-order valence-corrected chi connectivity index (χ4v) is 3.52. The molecule has 19 heavy (non-hydrogen) atoms. The zero-order valence-corrected chi connectivity index (χ0v) is 11.9. The lowest BCUT2D eigenvalue weighted by molar-refractivity contribution is -0.119. The number of benzene rings is 1. The number of sulfonamides is 1. The molecule has 1 heterocycles. The van der Waals surface area contributed by atoms with Crippen LogP contribution < -0.4 is 10.0 Å². The molecule has 1 aromatic carbocycles. The molecule has 0 radical (unpaired) electrons. The van der Waals surface area contributed by atoms with Crippen LogP contribution in [0.15, 0.2) is 23.1 Å². The van der Waals surface area contributed by atoms with Gasteiger partial charge in [-0.1, -0.05) is 12.1 Å². The summed E-state index contributed by atoms with van der Waals surface area (Å²) < 4.78 is 27.0. The number of hydrogen-bond donors (Lipinski definition) is 2. The summed E-state index contributed by atoms with van der Waals surface area (Å²) in [5.41, 5.74) is 1.62. The van der Waals surface area contributed by atoms with Gasteiger partial charge >= 0.3 is 0 Å². The van der Waals surface area contributed by atoms with Crippen molar-refractivity contribution in [2.45, 2.75) is 37.6 Å². The smallest absolute Gasteiger partial charge is 0.240 e. The Morgan fingerprint density at radius 3 is 2.74 bits per heavy atom. The minimum Gasteiger partial charge on any atom is -0.352 e. The van der Waals surface area contributed by atoms with Crippen LogP contribution in [-0.2, 0) is 14.8 Å². The molecule has 2 rings (SSSR count). The molecule has 1 aliphatic heterocycles. The summed E-state index contributed by atoms with van der Waals surface area (Å²) in [5, 5.41) is 2.74. The van der Waals surface area contributed by atoms with Gasteiger partial charge in [-0.3, -0.25) is 4.79 Å². The Balaban J connectivity index is 2.10. The first-order chi connectivity index (χ1) is 8.88. The van der Waals surface area contributed by atoms with Crippen LogP contribution in [0.4, 0.5) is 0 Å². The Bertz CT molecular complexity index is 596. The van der Waals surface area contributed by atoms with E-state index in [2.05, 4.69) is 10.0 Å². The van der Waals surface area contributed by atoms with Gasteiger partial charge in [0.1, 0.15) is 0 Å². The number of rotatable bonds is 4. The normalized spacial score (nSPS) is 19.5. The second kappa shape index (κ2) is 5.30. The number of nitrogens with one attached hydrogen (secondary N) is 2. The molecule has 0 aromatic heterocycles. The Labute approximate surface area is 113 Å². The zero-order chi connectivity index (χ0) is 14.0. The highest BCUT2D eigenvalue weighted by Crippen LogP contribution is 2.17. The van der Waals surface area contributed by atoms with Crippen molar-refractivity contribution in [3.63, 3.8) is 0 Å². The van der Waals surface area contributed by atoms with Gasteiger partial charge in [-0.25, -0.2) is 13.1 Å². The maximum absolute atomic E-state index is 12.2. The highest BCUT2D eigenvalue weighted by atomic mass is 32.2. The second-order valence-corrected chi connectivity index (χ2v) is 6.66. The van der Waals surface area contributed by atoms with Gasteiger partial charge < -0.3 is 5.32 Å². The van der Waals surface area contributed by atoms with Crippen LogP contribution in [0.2, 0.25) is 0 Å². The van der Waals surface area contributed by atoms with Gasteiger partial charge in [0.25, 0.3) is 0 Å². The molecule has 0 spiro atoms. The fraction of sp³-hybridized carbons (Fsp3) is 0.462. The summed E-state index contributed by atoms with van der Waals surface area (Å²) in [4.78, 5) is 11.4. The van der Waals surface area contributed by atoms with E-state index >= 15 is 0 Å². The van der Waals surface area contributed by atoms with Crippen molar-refractivity contribution in [3.8, 4) is 0 Å². The third kappa shape index (κ3) is 3.33. The summed E-state index contributed by atoms with van der Waals surface area (Å²) in [6.45, 7) is 3.86. The second-order valence-electron chi connectivity index (χ2n) is 4.92. The van der Waals surface area contributed by atoms with Crippen molar-refractivity contribution in [1.29, 1.82) is 0 Å². The van der Waals surface area contributed by atoms with E-state index in [0.29, 0.717) is 23.3 Å². The molecule has 6 heteroatoms. The lowest BCUT2D eigenvalue weighted by atomic mass is 10.2. The molecule has 1 aromatic rings.